The van der Waals surface area contributed by atoms with Gasteiger partial charge in [-0.2, -0.15) is 0 Å². The molecule has 0 saturated carbocycles. The van der Waals surface area contributed by atoms with Crippen LogP contribution in [0.25, 0.3) is 0 Å². The Bertz CT molecular complexity index is 586. The molecule has 2 nitrogen and oxygen atoms in total. The molecular weight excluding hydrogens is 351 g/mol. The van der Waals surface area contributed by atoms with Crippen LogP contribution in [-0.4, -0.2) is 11.8 Å². The van der Waals surface area contributed by atoms with Crippen molar-refractivity contribution in [1.29, 1.82) is 0 Å². The smallest absolute Gasteiger partial charge is 0.124 e. The molecule has 0 radical (unpaired) electrons. The number of hydrogen-bond donors (Lipinski definition) is 2. The van der Waals surface area contributed by atoms with E-state index in [1.165, 1.54) is 16.5 Å². The second-order valence-corrected chi connectivity index (χ2v) is 6.98. The molecule has 0 fully saturated rings. The summed E-state index contributed by atoms with van der Waals surface area (Å²) in [6.45, 7) is 2.08. The zero-order valence-corrected chi connectivity index (χ0v) is 14.2. The highest BCUT2D eigenvalue weighted by atomic mass is 79.9. The van der Waals surface area contributed by atoms with E-state index in [1.807, 2.05) is 12.1 Å². The fourth-order valence-corrected chi connectivity index (χ4v) is 3.65. The maximum absolute atomic E-state index is 13.4. The second-order valence-electron chi connectivity index (χ2n) is 4.97. The molecule has 1 atom stereocenters. The summed E-state index contributed by atoms with van der Waals surface area (Å²) in [5, 5.41) is 0. The van der Waals surface area contributed by atoms with Crippen molar-refractivity contribution in [2.45, 2.75) is 24.3 Å². The molecule has 0 saturated heterocycles. The average molecular weight is 369 g/mol. The van der Waals surface area contributed by atoms with Crippen molar-refractivity contribution >= 4 is 27.7 Å². The lowest BCUT2D eigenvalue weighted by atomic mass is 10.1. The monoisotopic (exact) mass is 368 g/mol. The van der Waals surface area contributed by atoms with E-state index in [9.17, 15) is 4.39 Å². The van der Waals surface area contributed by atoms with Crippen molar-refractivity contribution < 1.29 is 4.39 Å². The van der Waals surface area contributed by atoms with Crippen LogP contribution in [0.15, 0.2) is 51.8 Å². The summed E-state index contributed by atoms with van der Waals surface area (Å²) < 4.78 is 14.1. The van der Waals surface area contributed by atoms with Crippen LogP contribution >= 0.6 is 27.7 Å². The maximum atomic E-state index is 13.4. The molecule has 0 aliphatic carbocycles. The highest BCUT2D eigenvalue weighted by Gasteiger charge is 2.10. The van der Waals surface area contributed by atoms with Gasteiger partial charge in [0.1, 0.15) is 5.82 Å². The van der Waals surface area contributed by atoms with E-state index < -0.39 is 0 Å². The molecule has 3 N–H and O–H groups in total. The van der Waals surface area contributed by atoms with Gasteiger partial charge in [0.2, 0.25) is 0 Å². The van der Waals surface area contributed by atoms with E-state index in [1.54, 1.807) is 17.8 Å². The van der Waals surface area contributed by atoms with Crippen molar-refractivity contribution in [2.75, 3.05) is 5.75 Å². The number of hydrogen-bond acceptors (Lipinski definition) is 3. The van der Waals surface area contributed by atoms with Gasteiger partial charge in [-0.25, -0.2) is 4.39 Å². The molecule has 0 heterocycles. The standard InChI is InChI=1S/C16H18BrFN2S/c1-11-3-2-4-16(5-11)21-10-15(20-19)8-12-6-13(17)9-14(18)7-12/h2-7,9,15,20H,8,10,19H2,1H3. The lowest BCUT2D eigenvalue weighted by Crippen LogP contribution is -2.38. The molecular formula is C16H18BrFN2S. The maximum Gasteiger partial charge on any atom is 0.124 e. The molecule has 0 aromatic heterocycles. The Morgan fingerprint density at radius 1 is 1.29 bits per heavy atom. The molecule has 2 aromatic rings. The van der Waals surface area contributed by atoms with E-state index in [0.29, 0.717) is 6.42 Å². The van der Waals surface area contributed by atoms with Crippen molar-refractivity contribution in [3.63, 3.8) is 0 Å². The first-order valence-electron chi connectivity index (χ1n) is 6.67. The first-order chi connectivity index (χ1) is 10.1. The molecule has 0 spiro atoms. The van der Waals surface area contributed by atoms with Gasteiger partial charge in [0.15, 0.2) is 0 Å². The number of nitrogens with one attached hydrogen (secondary N) is 1. The molecule has 21 heavy (non-hydrogen) atoms. The fourth-order valence-electron chi connectivity index (χ4n) is 2.08. The lowest BCUT2D eigenvalue weighted by Gasteiger charge is -2.16. The normalized spacial score (nSPS) is 12.4. The number of thioether (sulfide) groups is 1. The fraction of sp³-hybridized carbons (Fsp3) is 0.250. The minimum Gasteiger partial charge on any atom is -0.271 e. The number of nitrogens with two attached hydrogens (primary N) is 1. The van der Waals surface area contributed by atoms with Crippen LogP contribution < -0.4 is 11.3 Å². The molecule has 0 bridgehead atoms. The second kappa shape index (κ2) is 7.94. The van der Waals surface area contributed by atoms with Crippen LogP contribution in [-0.2, 0) is 6.42 Å². The molecule has 2 aromatic carbocycles. The highest BCUT2D eigenvalue weighted by Crippen LogP contribution is 2.22. The third kappa shape index (κ3) is 5.43. The minimum atomic E-state index is -0.235. The lowest BCUT2D eigenvalue weighted by molar-refractivity contribution is 0.570. The molecule has 0 amide bonds. The highest BCUT2D eigenvalue weighted by molar-refractivity contribution is 9.10. The number of benzene rings is 2. The van der Waals surface area contributed by atoms with Gasteiger partial charge < -0.3 is 0 Å². The van der Waals surface area contributed by atoms with Gasteiger partial charge in [0.25, 0.3) is 0 Å². The van der Waals surface area contributed by atoms with Gasteiger partial charge >= 0.3 is 0 Å². The Morgan fingerprint density at radius 2 is 2.10 bits per heavy atom. The third-order valence-electron chi connectivity index (χ3n) is 3.08. The quantitative estimate of drug-likeness (QED) is 0.458. The van der Waals surface area contributed by atoms with Gasteiger partial charge in [0.05, 0.1) is 0 Å². The van der Waals surface area contributed by atoms with Gasteiger partial charge in [-0.1, -0.05) is 33.6 Å². The number of rotatable bonds is 6. The summed E-state index contributed by atoms with van der Waals surface area (Å²) in [6.07, 6.45) is 0.686. The van der Waals surface area contributed by atoms with E-state index in [2.05, 4.69) is 46.5 Å². The van der Waals surface area contributed by atoms with Crippen molar-refractivity contribution in [2.24, 2.45) is 5.84 Å². The van der Waals surface area contributed by atoms with Crippen molar-refractivity contribution in [1.82, 2.24) is 5.43 Å². The number of aryl methyl sites for hydroxylation is 1. The minimum absolute atomic E-state index is 0.0872. The number of halogens is 2. The van der Waals surface area contributed by atoms with Crippen LogP contribution in [0.1, 0.15) is 11.1 Å². The van der Waals surface area contributed by atoms with Crippen molar-refractivity contribution in [3.05, 3.63) is 63.9 Å². The van der Waals surface area contributed by atoms with E-state index in [0.717, 1.165) is 15.8 Å². The first kappa shape index (κ1) is 16.5. The van der Waals surface area contributed by atoms with Crippen LogP contribution in [0.5, 0.6) is 0 Å². The van der Waals surface area contributed by atoms with Crippen LogP contribution in [0.4, 0.5) is 4.39 Å². The Labute approximate surface area is 137 Å². The predicted octanol–water partition coefficient (Wildman–Crippen LogP) is 4.06. The van der Waals surface area contributed by atoms with E-state index >= 15 is 0 Å². The van der Waals surface area contributed by atoms with Crippen molar-refractivity contribution in [3.8, 4) is 0 Å². The Kier molecular flexibility index (Phi) is 6.23. The summed E-state index contributed by atoms with van der Waals surface area (Å²) in [4.78, 5) is 1.22. The van der Waals surface area contributed by atoms with Gasteiger partial charge in [-0.3, -0.25) is 11.3 Å². The van der Waals surface area contributed by atoms with Crippen LogP contribution in [0.2, 0.25) is 0 Å². The van der Waals surface area contributed by atoms with Gasteiger partial charge in [-0.05, 0) is 49.2 Å². The SMILES string of the molecule is Cc1cccc(SCC(Cc2cc(F)cc(Br)c2)NN)c1. The Balaban J connectivity index is 1.96. The Hall–Kier alpha value is -0.880. The summed E-state index contributed by atoms with van der Waals surface area (Å²) in [6, 6.07) is 13.4. The van der Waals surface area contributed by atoms with E-state index in [-0.39, 0.29) is 11.9 Å². The van der Waals surface area contributed by atoms with Gasteiger partial charge in [0, 0.05) is 21.2 Å². The first-order valence-corrected chi connectivity index (χ1v) is 8.45. The molecule has 2 rings (SSSR count). The number of hydrazine groups is 1. The topological polar surface area (TPSA) is 38.0 Å². The summed E-state index contributed by atoms with van der Waals surface area (Å²) in [5.41, 5.74) is 4.98. The van der Waals surface area contributed by atoms with Gasteiger partial charge in [-0.15, -0.1) is 11.8 Å². The molecule has 0 aliphatic rings. The summed E-state index contributed by atoms with van der Waals surface area (Å²) in [7, 11) is 0. The zero-order chi connectivity index (χ0) is 15.2. The van der Waals surface area contributed by atoms with Crippen LogP contribution in [0.3, 0.4) is 0 Å². The largest absolute Gasteiger partial charge is 0.271 e. The van der Waals surface area contributed by atoms with E-state index in [4.69, 9.17) is 5.84 Å². The zero-order valence-electron chi connectivity index (χ0n) is 11.8. The molecule has 1 unspecified atom stereocenters. The predicted molar refractivity (Wildman–Crippen MR) is 90.8 cm³/mol. The Morgan fingerprint density at radius 3 is 2.76 bits per heavy atom. The van der Waals surface area contributed by atoms with Crippen LogP contribution in [0, 0.1) is 12.7 Å². The summed E-state index contributed by atoms with van der Waals surface area (Å²) in [5.74, 6) is 6.21. The molecule has 0 aliphatic heterocycles. The molecule has 112 valence electrons. The third-order valence-corrected chi connectivity index (χ3v) is 4.70. The average Bonchev–Trinajstić information content (AvgIpc) is 2.42. The summed E-state index contributed by atoms with van der Waals surface area (Å²) >= 11 is 5.06. The molecule has 5 heteroatoms.